The highest BCUT2D eigenvalue weighted by atomic mass is 14.9. The van der Waals surface area contributed by atoms with E-state index < -0.39 is 0 Å². The summed E-state index contributed by atoms with van der Waals surface area (Å²) in [6.07, 6.45) is 9.75. The van der Waals surface area contributed by atoms with Gasteiger partial charge in [-0.1, -0.05) is 50.5 Å². The van der Waals surface area contributed by atoms with Crippen LogP contribution in [0.4, 0.5) is 0 Å². The summed E-state index contributed by atoms with van der Waals surface area (Å²) in [5, 5.41) is 3.64. The Hall–Kier alpha value is -0.820. The smallest absolute Gasteiger partial charge is 0.0374 e. The quantitative estimate of drug-likeness (QED) is 0.817. The van der Waals surface area contributed by atoms with Gasteiger partial charge in [0, 0.05) is 6.04 Å². The predicted octanol–water partition coefficient (Wildman–Crippen LogP) is 4.79. The summed E-state index contributed by atoms with van der Waals surface area (Å²) in [4.78, 5) is 0. The lowest BCUT2D eigenvalue weighted by atomic mass is 9.71. The first kappa shape index (κ1) is 13.2. The lowest BCUT2D eigenvalue weighted by Crippen LogP contribution is -2.33. The number of hydrogen-bond acceptors (Lipinski definition) is 1. The lowest BCUT2D eigenvalue weighted by molar-refractivity contribution is 0.231. The van der Waals surface area contributed by atoms with Crippen LogP contribution in [0.25, 0.3) is 0 Å². The Morgan fingerprint density at radius 1 is 1.11 bits per heavy atom. The van der Waals surface area contributed by atoms with Crippen molar-refractivity contribution in [3.05, 3.63) is 35.4 Å². The van der Waals surface area contributed by atoms with Crippen molar-refractivity contribution in [1.29, 1.82) is 0 Å². The van der Waals surface area contributed by atoms with Crippen LogP contribution in [-0.2, 0) is 0 Å². The summed E-state index contributed by atoms with van der Waals surface area (Å²) >= 11 is 0. The number of benzene rings is 1. The van der Waals surface area contributed by atoms with Gasteiger partial charge in [-0.05, 0) is 55.2 Å². The van der Waals surface area contributed by atoms with Crippen LogP contribution in [0.2, 0.25) is 0 Å². The van der Waals surface area contributed by atoms with E-state index in [4.69, 9.17) is 0 Å². The molecule has 2 aliphatic carbocycles. The first-order valence-corrected chi connectivity index (χ1v) is 8.01. The maximum Gasteiger partial charge on any atom is 0.0374 e. The molecule has 1 nitrogen and oxygen atoms in total. The van der Waals surface area contributed by atoms with Gasteiger partial charge in [0.25, 0.3) is 0 Å². The third-order valence-electron chi connectivity index (χ3n) is 5.58. The van der Waals surface area contributed by atoms with Crippen molar-refractivity contribution in [2.45, 2.75) is 63.8 Å². The fraction of sp³-hybridized carbons (Fsp3) is 0.667. The summed E-state index contributed by atoms with van der Waals surface area (Å²) in [7, 11) is 2.14. The van der Waals surface area contributed by atoms with Crippen LogP contribution in [0, 0.1) is 5.41 Å². The molecule has 1 heteroatoms. The molecule has 2 fully saturated rings. The normalized spacial score (nSPS) is 24.1. The van der Waals surface area contributed by atoms with Crippen LogP contribution in [0.3, 0.4) is 0 Å². The van der Waals surface area contributed by atoms with Gasteiger partial charge >= 0.3 is 0 Å². The van der Waals surface area contributed by atoms with Crippen molar-refractivity contribution in [2.24, 2.45) is 5.41 Å². The first-order valence-electron chi connectivity index (χ1n) is 8.01. The summed E-state index contributed by atoms with van der Waals surface area (Å²) < 4.78 is 0. The highest BCUT2D eigenvalue weighted by Gasteiger charge is 2.38. The van der Waals surface area contributed by atoms with Crippen LogP contribution in [0.1, 0.15) is 75.0 Å². The number of hydrogen-bond donors (Lipinski definition) is 1. The molecule has 0 spiro atoms. The Kier molecular flexibility index (Phi) is 3.66. The number of nitrogens with one attached hydrogen (secondary N) is 1. The van der Waals surface area contributed by atoms with E-state index in [9.17, 15) is 0 Å². The average Bonchev–Trinajstić information content (AvgIpc) is 2.78. The molecule has 1 aromatic carbocycles. The molecule has 19 heavy (non-hydrogen) atoms. The van der Waals surface area contributed by atoms with Gasteiger partial charge in [-0.2, -0.15) is 0 Å². The standard InChI is InChI=1S/C18H27N/c1-18(12-5-6-13-18)17(19-2)16-11-4-3-10-15(16)14-8-7-9-14/h3-4,10-11,14,17,19H,5-9,12-13H2,1-2H3. The topological polar surface area (TPSA) is 12.0 Å². The summed E-state index contributed by atoms with van der Waals surface area (Å²) in [5.74, 6) is 0.831. The maximum atomic E-state index is 3.64. The van der Waals surface area contributed by atoms with Crippen LogP contribution >= 0.6 is 0 Å². The van der Waals surface area contributed by atoms with Gasteiger partial charge in [0.2, 0.25) is 0 Å². The molecular formula is C18H27N. The molecule has 1 aromatic rings. The van der Waals surface area contributed by atoms with E-state index >= 15 is 0 Å². The molecule has 0 aromatic heterocycles. The minimum Gasteiger partial charge on any atom is -0.313 e. The van der Waals surface area contributed by atoms with Crippen molar-refractivity contribution < 1.29 is 0 Å². The van der Waals surface area contributed by atoms with Crippen LogP contribution in [0.15, 0.2) is 24.3 Å². The molecule has 0 heterocycles. The molecular weight excluding hydrogens is 230 g/mol. The lowest BCUT2D eigenvalue weighted by Gasteiger charge is -2.38. The Balaban J connectivity index is 1.94. The second kappa shape index (κ2) is 5.28. The Morgan fingerprint density at radius 3 is 2.37 bits per heavy atom. The van der Waals surface area contributed by atoms with Gasteiger partial charge in [-0.25, -0.2) is 0 Å². The zero-order valence-electron chi connectivity index (χ0n) is 12.4. The Labute approximate surface area is 117 Å². The zero-order chi connectivity index (χ0) is 13.3. The third-order valence-corrected chi connectivity index (χ3v) is 5.58. The largest absolute Gasteiger partial charge is 0.313 e. The van der Waals surface area contributed by atoms with Gasteiger partial charge in [0.15, 0.2) is 0 Å². The van der Waals surface area contributed by atoms with Crippen molar-refractivity contribution >= 4 is 0 Å². The monoisotopic (exact) mass is 257 g/mol. The predicted molar refractivity (Wildman–Crippen MR) is 81.4 cm³/mol. The van der Waals surface area contributed by atoms with E-state index in [0.717, 1.165) is 5.92 Å². The molecule has 3 rings (SSSR count). The van der Waals surface area contributed by atoms with Crippen molar-refractivity contribution in [1.82, 2.24) is 5.32 Å². The van der Waals surface area contributed by atoms with E-state index in [-0.39, 0.29) is 0 Å². The molecule has 2 aliphatic rings. The zero-order valence-corrected chi connectivity index (χ0v) is 12.4. The molecule has 1 atom stereocenters. The first-order chi connectivity index (χ1) is 9.24. The molecule has 1 unspecified atom stereocenters. The molecule has 0 saturated heterocycles. The van der Waals surface area contributed by atoms with E-state index in [1.54, 1.807) is 11.1 Å². The van der Waals surface area contributed by atoms with Gasteiger partial charge in [-0.3, -0.25) is 0 Å². The molecule has 104 valence electrons. The summed E-state index contributed by atoms with van der Waals surface area (Å²) in [5.41, 5.74) is 3.66. The molecule has 0 aliphatic heterocycles. The van der Waals surface area contributed by atoms with Crippen LogP contribution in [0.5, 0.6) is 0 Å². The second-order valence-corrected chi connectivity index (χ2v) is 6.84. The Bertz CT molecular complexity index is 427. The van der Waals surface area contributed by atoms with Crippen molar-refractivity contribution in [3.8, 4) is 0 Å². The van der Waals surface area contributed by atoms with Crippen molar-refractivity contribution in [3.63, 3.8) is 0 Å². The molecule has 0 bridgehead atoms. The van der Waals surface area contributed by atoms with Crippen LogP contribution < -0.4 is 5.32 Å². The number of rotatable bonds is 4. The van der Waals surface area contributed by atoms with Gasteiger partial charge in [0.1, 0.15) is 0 Å². The Morgan fingerprint density at radius 2 is 1.79 bits per heavy atom. The highest BCUT2D eigenvalue weighted by Crippen LogP contribution is 2.49. The fourth-order valence-electron chi connectivity index (χ4n) is 4.22. The highest BCUT2D eigenvalue weighted by molar-refractivity contribution is 5.35. The summed E-state index contributed by atoms with van der Waals surface area (Å²) in [6.45, 7) is 2.48. The molecule has 2 saturated carbocycles. The molecule has 0 radical (unpaired) electrons. The van der Waals surface area contributed by atoms with E-state index in [1.165, 1.54) is 44.9 Å². The molecule has 1 N–H and O–H groups in total. The third kappa shape index (κ3) is 2.33. The minimum atomic E-state index is 0.453. The average molecular weight is 257 g/mol. The van der Waals surface area contributed by atoms with E-state index in [1.807, 2.05) is 0 Å². The fourth-order valence-corrected chi connectivity index (χ4v) is 4.22. The maximum absolute atomic E-state index is 3.64. The minimum absolute atomic E-state index is 0.453. The van der Waals surface area contributed by atoms with E-state index in [2.05, 4.69) is 43.6 Å². The second-order valence-electron chi connectivity index (χ2n) is 6.84. The van der Waals surface area contributed by atoms with E-state index in [0.29, 0.717) is 11.5 Å². The molecule has 0 amide bonds. The van der Waals surface area contributed by atoms with Gasteiger partial charge in [-0.15, -0.1) is 0 Å². The van der Waals surface area contributed by atoms with Gasteiger partial charge in [0.05, 0.1) is 0 Å². The van der Waals surface area contributed by atoms with Crippen molar-refractivity contribution in [2.75, 3.05) is 7.05 Å². The summed E-state index contributed by atoms with van der Waals surface area (Å²) in [6, 6.07) is 9.73. The SMILES string of the molecule is CNC(c1ccccc1C1CCC1)C1(C)CCCC1. The van der Waals surface area contributed by atoms with Gasteiger partial charge < -0.3 is 5.32 Å². The van der Waals surface area contributed by atoms with Crippen LogP contribution in [-0.4, -0.2) is 7.05 Å².